The van der Waals surface area contributed by atoms with Gasteiger partial charge in [0, 0.05) is 16.9 Å². The Kier molecular flexibility index (Phi) is 6.59. The number of primary sulfonamides is 1. The van der Waals surface area contributed by atoms with Gasteiger partial charge in [0.25, 0.3) is 5.91 Å². The monoisotopic (exact) mass is 485 g/mol. The molecule has 1 amide bonds. The van der Waals surface area contributed by atoms with Gasteiger partial charge in [0.2, 0.25) is 10.0 Å². The number of nitrogens with two attached hydrogens (primary N) is 1. The first-order valence-corrected chi connectivity index (χ1v) is 12.9. The van der Waals surface area contributed by atoms with E-state index in [0.717, 1.165) is 18.4 Å². The van der Waals surface area contributed by atoms with Gasteiger partial charge in [-0.2, -0.15) is 4.99 Å². The number of carbonyl (C=O) groups excluding carboxylic acids is 2. The molecule has 1 saturated carbocycles. The summed E-state index contributed by atoms with van der Waals surface area (Å²) >= 11 is 1.22. The largest absolute Gasteiger partial charge is 0.461 e. The maximum Gasteiger partial charge on any atom is 0.355 e. The van der Waals surface area contributed by atoms with Gasteiger partial charge < -0.3 is 9.30 Å². The van der Waals surface area contributed by atoms with E-state index in [4.69, 9.17) is 9.88 Å². The molecular formula is C23H23N3O5S2. The van der Waals surface area contributed by atoms with Crippen LogP contribution in [-0.2, 0) is 26.1 Å². The Morgan fingerprint density at radius 1 is 1.15 bits per heavy atom. The highest BCUT2D eigenvalue weighted by atomic mass is 32.2. The van der Waals surface area contributed by atoms with Crippen molar-refractivity contribution < 1.29 is 22.7 Å². The van der Waals surface area contributed by atoms with Crippen LogP contribution in [0.5, 0.6) is 0 Å². The Balaban J connectivity index is 1.68. The maximum atomic E-state index is 12.4. The molecule has 172 valence electrons. The predicted molar refractivity (Wildman–Crippen MR) is 124 cm³/mol. The van der Waals surface area contributed by atoms with Crippen molar-refractivity contribution in [1.82, 2.24) is 4.57 Å². The summed E-state index contributed by atoms with van der Waals surface area (Å²) in [5, 5.41) is 7.00. The average Bonchev–Trinajstić information content (AvgIpc) is 3.57. The lowest BCUT2D eigenvalue weighted by molar-refractivity contribution is -0.119. The zero-order chi connectivity index (χ0) is 23.6. The fourth-order valence-electron chi connectivity index (χ4n) is 3.38. The van der Waals surface area contributed by atoms with Crippen molar-refractivity contribution in [2.24, 2.45) is 16.0 Å². The van der Waals surface area contributed by atoms with Crippen molar-refractivity contribution >= 4 is 33.2 Å². The van der Waals surface area contributed by atoms with E-state index >= 15 is 0 Å². The lowest BCUT2D eigenvalue weighted by Crippen LogP contribution is -2.23. The zero-order valence-corrected chi connectivity index (χ0v) is 19.6. The van der Waals surface area contributed by atoms with E-state index in [1.54, 1.807) is 47.2 Å². The number of thiazole rings is 1. The minimum atomic E-state index is -3.87. The number of benzene rings is 2. The summed E-state index contributed by atoms with van der Waals surface area (Å²) in [5.41, 5.74) is 2.37. The highest BCUT2D eigenvalue weighted by Crippen LogP contribution is 2.30. The Morgan fingerprint density at radius 2 is 1.85 bits per heavy atom. The molecule has 0 radical (unpaired) electrons. The topological polar surface area (TPSA) is 121 Å². The van der Waals surface area contributed by atoms with Crippen molar-refractivity contribution in [2.75, 3.05) is 6.61 Å². The Labute approximate surface area is 195 Å². The number of hydrogen-bond acceptors (Lipinski definition) is 6. The van der Waals surface area contributed by atoms with Gasteiger partial charge in [-0.25, -0.2) is 18.4 Å². The highest BCUT2D eigenvalue weighted by molar-refractivity contribution is 7.89. The molecule has 0 saturated heterocycles. The van der Waals surface area contributed by atoms with Gasteiger partial charge in [0.05, 0.1) is 18.0 Å². The minimum absolute atomic E-state index is 0.0234. The van der Waals surface area contributed by atoms with Gasteiger partial charge in [-0.1, -0.05) is 42.5 Å². The third kappa shape index (κ3) is 5.29. The summed E-state index contributed by atoms with van der Waals surface area (Å²) < 4.78 is 30.7. The summed E-state index contributed by atoms with van der Waals surface area (Å²) in [6.07, 6.45) is 1.69. The molecule has 4 rings (SSSR count). The van der Waals surface area contributed by atoms with Gasteiger partial charge in [-0.3, -0.25) is 4.79 Å². The van der Waals surface area contributed by atoms with E-state index in [0.29, 0.717) is 28.2 Å². The van der Waals surface area contributed by atoms with Crippen LogP contribution in [-0.4, -0.2) is 31.5 Å². The highest BCUT2D eigenvalue weighted by Gasteiger charge is 2.29. The second-order valence-corrected chi connectivity index (χ2v) is 10.0. The third-order valence-corrected chi connectivity index (χ3v) is 7.05. The van der Waals surface area contributed by atoms with E-state index in [9.17, 15) is 18.0 Å². The SMILES string of the molecule is CCOC(=O)c1csc(=NC(=O)C2CC2)n1Cc1ccc(-c2ccccc2S(N)(=O)=O)cc1. The molecule has 1 aliphatic carbocycles. The number of hydrogen-bond donors (Lipinski definition) is 1. The molecule has 1 aromatic heterocycles. The number of nitrogens with zero attached hydrogens (tertiary/aromatic N) is 2. The lowest BCUT2D eigenvalue weighted by Gasteiger charge is -2.11. The first-order valence-electron chi connectivity index (χ1n) is 10.4. The Morgan fingerprint density at radius 3 is 2.48 bits per heavy atom. The van der Waals surface area contributed by atoms with Crippen molar-refractivity contribution in [1.29, 1.82) is 0 Å². The maximum absolute atomic E-state index is 12.4. The van der Waals surface area contributed by atoms with Gasteiger partial charge in [0.1, 0.15) is 5.69 Å². The standard InChI is InChI=1S/C23H23N3O5S2/c1-2-31-22(28)19-14-32-23(25-21(27)17-11-12-17)26(19)13-15-7-9-16(10-8-15)18-5-3-4-6-20(18)33(24,29)30/h3-10,14,17H,2,11-13H2,1H3,(H2,24,29,30). The molecule has 2 aromatic carbocycles. The fraction of sp³-hybridized carbons (Fsp3) is 0.261. The molecule has 3 aromatic rings. The number of ether oxygens (including phenoxy) is 1. The number of amides is 1. The van der Waals surface area contributed by atoms with Gasteiger partial charge in [-0.05, 0) is 37.0 Å². The molecule has 1 heterocycles. The number of rotatable bonds is 7. The van der Waals surface area contributed by atoms with Crippen LogP contribution in [0.25, 0.3) is 11.1 Å². The van der Waals surface area contributed by atoms with E-state index < -0.39 is 16.0 Å². The van der Waals surface area contributed by atoms with Crippen LogP contribution >= 0.6 is 11.3 Å². The number of esters is 1. The smallest absolute Gasteiger partial charge is 0.355 e. The van der Waals surface area contributed by atoms with Gasteiger partial charge in [0.15, 0.2) is 4.80 Å². The fourth-order valence-corrected chi connectivity index (χ4v) is 5.02. The molecule has 10 heteroatoms. The molecule has 0 atom stereocenters. The third-order valence-electron chi connectivity index (χ3n) is 5.21. The van der Waals surface area contributed by atoms with Crippen LogP contribution in [0.4, 0.5) is 0 Å². The van der Waals surface area contributed by atoms with Crippen LogP contribution in [0, 0.1) is 5.92 Å². The number of carbonyl (C=O) groups is 2. The Bertz CT molecular complexity index is 1370. The van der Waals surface area contributed by atoms with Crippen molar-refractivity contribution in [3.63, 3.8) is 0 Å². The number of sulfonamides is 1. The molecule has 0 bridgehead atoms. The quantitative estimate of drug-likeness (QED) is 0.516. The molecule has 1 fully saturated rings. The second kappa shape index (κ2) is 9.42. The number of aromatic nitrogens is 1. The van der Waals surface area contributed by atoms with Crippen LogP contribution in [0.2, 0.25) is 0 Å². The van der Waals surface area contributed by atoms with Gasteiger partial charge in [-0.15, -0.1) is 11.3 Å². The minimum Gasteiger partial charge on any atom is -0.461 e. The van der Waals surface area contributed by atoms with Gasteiger partial charge >= 0.3 is 5.97 Å². The summed E-state index contributed by atoms with van der Waals surface area (Å²) in [5.74, 6) is -0.673. The molecule has 0 unspecified atom stereocenters. The first-order chi connectivity index (χ1) is 15.8. The van der Waals surface area contributed by atoms with E-state index in [1.165, 1.54) is 17.4 Å². The summed E-state index contributed by atoms with van der Waals surface area (Å²) in [7, 11) is -3.87. The van der Waals surface area contributed by atoms with Crippen molar-refractivity contribution in [3.8, 4) is 11.1 Å². The summed E-state index contributed by atoms with van der Waals surface area (Å²) in [6.45, 7) is 2.26. The van der Waals surface area contributed by atoms with Crippen LogP contribution in [0.15, 0.2) is 63.8 Å². The first kappa shape index (κ1) is 23.1. The van der Waals surface area contributed by atoms with E-state index in [-0.39, 0.29) is 23.3 Å². The normalized spacial score (nSPS) is 14.3. The Hall–Kier alpha value is -3.08. The molecule has 8 nitrogen and oxygen atoms in total. The van der Waals surface area contributed by atoms with Crippen LogP contribution < -0.4 is 9.94 Å². The lowest BCUT2D eigenvalue weighted by atomic mass is 10.0. The molecule has 2 N–H and O–H groups in total. The summed E-state index contributed by atoms with van der Waals surface area (Å²) in [6, 6.07) is 13.8. The molecule has 0 spiro atoms. The second-order valence-electron chi connectivity index (χ2n) is 7.67. The molecular weight excluding hydrogens is 462 g/mol. The van der Waals surface area contributed by atoms with Crippen LogP contribution in [0.3, 0.4) is 0 Å². The van der Waals surface area contributed by atoms with E-state index in [2.05, 4.69) is 4.99 Å². The van der Waals surface area contributed by atoms with E-state index in [1.807, 2.05) is 12.1 Å². The van der Waals surface area contributed by atoms with Crippen molar-refractivity contribution in [2.45, 2.75) is 31.2 Å². The molecule has 33 heavy (non-hydrogen) atoms. The zero-order valence-electron chi connectivity index (χ0n) is 17.9. The molecule has 1 aliphatic rings. The van der Waals surface area contributed by atoms with Crippen molar-refractivity contribution in [3.05, 3.63) is 70.0 Å². The molecule has 0 aliphatic heterocycles. The average molecular weight is 486 g/mol. The van der Waals surface area contributed by atoms with Crippen LogP contribution in [0.1, 0.15) is 35.8 Å². The summed E-state index contributed by atoms with van der Waals surface area (Å²) in [4.78, 5) is 29.4. The predicted octanol–water partition coefficient (Wildman–Crippen LogP) is 2.93.